The second-order valence-electron chi connectivity index (χ2n) is 2.25. The Hall–Kier alpha value is 0.570. The Labute approximate surface area is 76.6 Å². The lowest BCUT2D eigenvalue weighted by Gasteiger charge is -2.08. The number of alkyl halides is 1. The Morgan fingerprint density at radius 2 is 2.40 bits per heavy atom. The summed E-state index contributed by atoms with van der Waals surface area (Å²) in [6.07, 6.45) is 3.24. The molecule has 2 heteroatoms. The fourth-order valence-electron chi connectivity index (χ4n) is 0.590. The van der Waals surface area contributed by atoms with Crippen molar-refractivity contribution >= 4 is 27.7 Å². The van der Waals surface area contributed by atoms with Gasteiger partial charge in [0.05, 0.1) is 0 Å². The number of rotatable bonds is 6. The van der Waals surface area contributed by atoms with Crippen LogP contribution in [-0.2, 0) is 0 Å². The van der Waals surface area contributed by atoms with Gasteiger partial charge in [-0.25, -0.2) is 0 Å². The molecule has 60 valence electrons. The van der Waals surface area contributed by atoms with Crippen molar-refractivity contribution in [3.05, 3.63) is 12.7 Å². The molecule has 0 fully saturated rings. The van der Waals surface area contributed by atoms with Gasteiger partial charge in [-0.1, -0.05) is 35.4 Å². The van der Waals surface area contributed by atoms with Gasteiger partial charge in [-0.2, -0.15) is 11.8 Å². The zero-order valence-electron chi connectivity index (χ0n) is 6.48. The summed E-state index contributed by atoms with van der Waals surface area (Å²) in [5, 5.41) is 1.13. The standard InChI is InChI=1S/C8H15BrS/c1-3-5-10-7-8(4-2)6-9/h3,8H,1,4-7H2,2H3. The van der Waals surface area contributed by atoms with E-state index in [1.807, 2.05) is 17.8 Å². The molecule has 0 saturated heterocycles. The number of hydrogen-bond acceptors (Lipinski definition) is 1. The van der Waals surface area contributed by atoms with Crippen LogP contribution in [0, 0.1) is 5.92 Å². The van der Waals surface area contributed by atoms with E-state index in [0.717, 1.165) is 17.0 Å². The van der Waals surface area contributed by atoms with E-state index < -0.39 is 0 Å². The zero-order valence-corrected chi connectivity index (χ0v) is 8.88. The molecule has 0 bridgehead atoms. The first kappa shape index (κ1) is 10.6. The normalized spacial score (nSPS) is 13.0. The molecule has 0 aromatic heterocycles. The van der Waals surface area contributed by atoms with Gasteiger partial charge in [-0.15, -0.1) is 6.58 Å². The fraction of sp³-hybridized carbons (Fsp3) is 0.750. The minimum absolute atomic E-state index is 0.838. The van der Waals surface area contributed by atoms with Crippen LogP contribution >= 0.6 is 27.7 Å². The molecule has 0 aromatic carbocycles. The molecular formula is C8H15BrS. The Balaban J connectivity index is 3.16. The molecule has 0 saturated carbocycles. The molecular weight excluding hydrogens is 208 g/mol. The van der Waals surface area contributed by atoms with E-state index in [1.165, 1.54) is 12.2 Å². The highest BCUT2D eigenvalue weighted by Crippen LogP contribution is 2.13. The van der Waals surface area contributed by atoms with E-state index in [4.69, 9.17) is 0 Å². The molecule has 1 atom stereocenters. The van der Waals surface area contributed by atoms with E-state index in [1.54, 1.807) is 0 Å². The van der Waals surface area contributed by atoms with Crippen molar-refractivity contribution in [2.24, 2.45) is 5.92 Å². The average Bonchev–Trinajstić information content (AvgIpc) is 1.99. The van der Waals surface area contributed by atoms with Crippen LogP contribution in [0.1, 0.15) is 13.3 Å². The maximum atomic E-state index is 3.68. The van der Waals surface area contributed by atoms with E-state index in [0.29, 0.717) is 0 Å². The minimum atomic E-state index is 0.838. The Bertz CT molecular complexity index is 79.3. The van der Waals surface area contributed by atoms with Gasteiger partial charge in [0.1, 0.15) is 0 Å². The highest BCUT2D eigenvalue weighted by molar-refractivity contribution is 9.09. The molecule has 0 nitrogen and oxygen atoms in total. The van der Waals surface area contributed by atoms with Crippen molar-refractivity contribution in [3.8, 4) is 0 Å². The first-order valence-corrected chi connectivity index (χ1v) is 5.87. The summed E-state index contributed by atoms with van der Waals surface area (Å²) in [5.74, 6) is 3.18. The molecule has 0 amide bonds. The summed E-state index contributed by atoms with van der Waals surface area (Å²) >= 11 is 5.45. The summed E-state index contributed by atoms with van der Waals surface area (Å²) in [4.78, 5) is 0. The second-order valence-corrected chi connectivity index (χ2v) is 3.98. The number of thioether (sulfide) groups is 1. The van der Waals surface area contributed by atoms with Crippen LogP contribution < -0.4 is 0 Å². The summed E-state index contributed by atoms with van der Waals surface area (Å²) in [5.41, 5.74) is 0. The maximum absolute atomic E-state index is 3.68. The maximum Gasteiger partial charge on any atom is 0.0110 e. The first-order chi connectivity index (χ1) is 4.85. The summed E-state index contributed by atoms with van der Waals surface area (Å²) in [6, 6.07) is 0. The van der Waals surface area contributed by atoms with Gasteiger partial charge in [-0.05, 0) is 11.7 Å². The van der Waals surface area contributed by atoms with Gasteiger partial charge in [0.25, 0.3) is 0 Å². The van der Waals surface area contributed by atoms with Crippen LogP contribution in [0.15, 0.2) is 12.7 Å². The molecule has 0 aliphatic heterocycles. The lowest BCUT2D eigenvalue weighted by atomic mass is 10.2. The monoisotopic (exact) mass is 222 g/mol. The van der Waals surface area contributed by atoms with Gasteiger partial charge in [0, 0.05) is 11.1 Å². The topological polar surface area (TPSA) is 0 Å². The number of hydrogen-bond donors (Lipinski definition) is 0. The Morgan fingerprint density at radius 3 is 2.80 bits per heavy atom. The largest absolute Gasteiger partial charge is 0.158 e. The minimum Gasteiger partial charge on any atom is -0.158 e. The molecule has 10 heavy (non-hydrogen) atoms. The SMILES string of the molecule is C=CCSCC(CC)CBr. The van der Waals surface area contributed by atoms with Crippen LogP contribution in [0.4, 0.5) is 0 Å². The fourth-order valence-corrected chi connectivity index (χ4v) is 2.57. The molecule has 1 unspecified atom stereocenters. The quantitative estimate of drug-likeness (QED) is 0.378. The lowest BCUT2D eigenvalue weighted by molar-refractivity contribution is 0.652. The predicted molar refractivity (Wildman–Crippen MR) is 55.1 cm³/mol. The summed E-state index contributed by atoms with van der Waals surface area (Å²) in [7, 11) is 0. The van der Waals surface area contributed by atoms with Crippen molar-refractivity contribution < 1.29 is 0 Å². The third-order valence-electron chi connectivity index (χ3n) is 1.38. The van der Waals surface area contributed by atoms with Crippen LogP contribution in [0.5, 0.6) is 0 Å². The van der Waals surface area contributed by atoms with Gasteiger partial charge in [-0.3, -0.25) is 0 Å². The highest BCUT2D eigenvalue weighted by Gasteiger charge is 2.02. The predicted octanol–water partition coefficient (Wildman–Crippen LogP) is 3.33. The molecule has 0 aromatic rings. The molecule has 0 N–H and O–H groups in total. The number of halogens is 1. The van der Waals surface area contributed by atoms with E-state index in [9.17, 15) is 0 Å². The molecule has 0 spiro atoms. The van der Waals surface area contributed by atoms with Crippen LogP contribution in [0.3, 0.4) is 0 Å². The Kier molecular flexibility index (Phi) is 8.11. The average molecular weight is 223 g/mol. The van der Waals surface area contributed by atoms with Crippen molar-refractivity contribution in [2.45, 2.75) is 13.3 Å². The molecule has 0 aliphatic rings. The zero-order chi connectivity index (χ0) is 7.82. The smallest absolute Gasteiger partial charge is 0.0110 e. The van der Waals surface area contributed by atoms with Crippen molar-refractivity contribution in [2.75, 3.05) is 16.8 Å². The van der Waals surface area contributed by atoms with E-state index >= 15 is 0 Å². The molecule has 0 rings (SSSR count). The highest BCUT2D eigenvalue weighted by atomic mass is 79.9. The third kappa shape index (κ3) is 5.36. The van der Waals surface area contributed by atoms with Crippen molar-refractivity contribution in [3.63, 3.8) is 0 Å². The van der Waals surface area contributed by atoms with Gasteiger partial charge in [0.15, 0.2) is 0 Å². The van der Waals surface area contributed by atoms with Gasteiger partial charge >= 0.3 is 0 Å². The molecule has 0 heterocycles. The second kappa shape index (κ2) is 7.67. The van der Waals surface area contributed by atoms with E-state index in [-0.39, 0.29) is 0 Å². The lowest BCUT2D eigenvalue weighted by Crippen LogP contribution is -2.03. The Morgan fingerprint density at radius 1 is 1.70 bits per heavy atom. The summed E-state index contributed by atoms with van der Waals surface area (Å²) < 4.78 is 0. The first-order valence-electron chi connectivity index (χ1n) is 3.59. The van der Waals surface area contributed by atoms with Gasteiger partial charge in [0.2, 0.25) is 0 Å². The van der Waals surface area contributed by atoms with E-state index in [2.05, 4.69) is 29.4 Å². The molecule has 0 aliphatic carbocycles. The van der Waals surface area contributed by atoms with Crippen molar-refractivity contribution in [1.29, 1.82) is 0 Å². The third-order valence-corrected chi connectivity index (χ3v) is 3.48. The van der Waals surface area contributed by atoms with Crippen molar-refractivity contribution in [1.82, 2.24) is 0 Å². The van der Waals surface area contributed by atoms with Crippen LogP contribution in [0.2, 0.25) is 0 Å². The molecule has 0 radical (unpaired) electrons. The van der Waals surface area contributed by atoms with Crippen LogP contribution in [0.25, 0.3) is 0 Å². The van der Waals surface area contributed by atoms with Crippen LogP contribution in [-0.4, -0.2) is 16.8 Å². The van der Waals surface area contributed by atoms with Gasteiger partial charge < -0.3 is 0 Å². The summed E-state index contributed by atoms with van der Waals surface area (Å²) in [6.45, 7) is 5.91.